The number of ether oxygens (including phenoxy) is 2. The van der Waals surface area contributed by atoms with Crippen LogP contribution < -0.4 is 9.47 Å². The summed E-state index contributed by atoms with van der Waals surface area (Å²) in [6, 6.07) is 13.3. The van der Waals surface area contributed by atoms with E-state index in [9.17, 15) is 31.9 Å². The molecule has 12 heteroatoms. The summed E-state index contributed by atoms with van der Waals surface area (Å²) in [6.45, 7) is 3.19. The van der Waals surface area contributed by atoms with Crippen molar-refractivity contribution in [1.82, 2.24) is 3.97 Å². The predicted molar refractivity (Wildman–Crippen MR) is 129 cm³/mol. The highest BCUT2D eigenvalue weighted by Gasteiger charge is 2.33. The van der Waals surface area contributed by atoms with E-state index in [4.69, 9.17) is 4.74 Å². The number of fused-ring (bicyclic) bond motifs is 1. The van der Waals surface area contributed by atoms with Crippen LogP contribution >= 0.6 is 0 Å². The van der Waals surface area contributed by atoms with Gasteiger partial charge in [0, 0.05) is 34.3 Å². The molecule has 0 radical (unpaired) electrons. The number of aromatic hydroxyl groups is 1. The quantitative estimate of drug-likeness (QED) is 0.196. The third-order valence-corrected chi connectivity index (χ3v) is 7.53. The molecule has 2 N–H and O–H groups in total. The second kappa shape index (κ2) is 9.36. The van der Waals surface area contributed by atoms with Gasteiger partial charge in [0.05, 0.1) is 17.5 Å². The number of halogens is 3. The zero-order chi connectivity index (χ0) is 27.1. The lowest BCUT2D eigenvalue weighted by Gasteiger charge is -2.12. The average molecular weight is 535 g/mol. The summed E-state index contributed by atoms with van der Waals surface area (Å²) >= 11 is 0. The highest BCUT2D eigenvalue weighted by atomic mass is 32.2. The number of hydrogen-bond donors (Lipinski definition) is 2. The lowest BCUT2D eigenvalue weighted by atomic mass is 9.98. The van der Waals surface area contributed by atoms with Crippen LogP contribution in [-0.2, 0) is 10.0 Å². The molecule has 0 fully saturated rings. The number of rotatable bonds is 6. The van der Waals surface area contributed by atoms with E-state index in [1.807, 2.05) is 0 Å². The Morgan fingerprint density at radius 1 is 0.973 bits per heavy atom. The fourth-order valence-corrected chi connectivity index (χ4v) is 5.62. The number of benzene rings is 3. The summed E-state index contributed by atoms with van der Waals surface area (Å²) in [5.41, 5.74) is 0.594. The summed E-state index contributed by atoms with van der Waals surface area (Å²) < 4.78 is 76.2. The molecule has 0 bridgehead atoms. The number of methoxy groups -OCH3 is 1. The number of nitrogens with zero attached hydrogens (tertiary/aromatic N) is 2. The number of aryl methyl sites for hydroxylation is 1. The zero-order valence-corrected chi connectivity index (χ0v) is 20.6. The summed E-state index contributed by atoms with van der Waals surface area (Å²) in [6.07, 6.45) is -5.01. The summed E-state index contributed by atoms with van der Waals surface area (Å²) in [4.78, 5) is -0.110. The van der Waals surface area contributed by atoms with Crippen molar-refractivity contribution in [2.75, 3.05) is 7.11 Å². The van der Waals surface area contributed by atoms with Crippen LogP contribution in [0.4, 0.5) is 13.2 Å². The molecule has 1 heterocycles. The van der Waals surface area contributed by atoms with Crippen LogP contribution in [-0.4, -0.2) is 41.9 Å². The van der Waals surface area contributed by atoms with Gasteiger partial charge in [0.15, 0.2) is 0 Å². The van der Waals surface area contributed by atoms with Crippen molar-refractivity contribution in [3.05, 3.63) is 83.0 Å². The molecule has 0 saturated heterocycles. The molecular formula is C25H21F3N2O6S. The predicted octanol–water partition coefficient (Wildman–Crippen LogP) is 5.33. The van der Waals surface area contributed by atoms with Crippen LogP contribution in [0.1, 0.15) is 22.4 Å². The molecule has 0 saturated carbocycles. The smallest absolute Gasteiger partial charge is 0.507 e. The molecule has 37 heavy (non-hydrogen) atoms. The zero-order valence-electron chi connectivity index (χ0n) is 19.7. The minimum atomic E-state index is -5.01. The molecule has 0 aliphatic heterocycles. The van der Waals surface area contributed by atoms with E-state index in [0.29, 0.717) is 5.75 Å². The first-order valence-corrected chi connectivity index (χ1v) is 12.1. The normalized spacial score (nSPS) is 12.6. The Kier molecular flexibility index (Phi) is 6.55. The van der Waals surface area contributed by atoms with Crippen molar-refractivity contribution >= 4 is 26.6 Å². The Morgan fingerprint density at radius 3 is 2.19 bits per heavy atom. The second-order valence-corrected chi connectivity index (χ2v) is 9.89. The SMILES string of the molecule is COc1ccc(/C(=N\O)c2c(C)n(S(=O)(=O)c3ccc(C)cc3)c3cc(OC(F)(F)F)ccc23)c(O)c1. The monoisotopic (exact) mass is 534 g/mol. The maximum absolute atomic E-state index is 13.7. The summed E-state index contributed by atoms with van der Waals surface area (Å²) in [7, 11) is -2.94. The summed E-state index contributed by atoms with van der Waals surface area (Å²) in [5, 5.41) is 24.0. The number of phenolic OH excluding ortho intramolecular Hbond substituents is 1. The van der Waals surface area contributed by atoms with E-state index in [1.54, 1.807) is 19.1 Å². The van der Waals surface area contributed by atoms with Gasteiger partial charge in [-0.1, -0.05) is 22.9 Å². The van der Waals surface area contributed by atoms with Crippen LogP contribution in [0.15, 0.2) is 70.7 Å². The number of aromatic nitrogens is 1. The number of hydrogen-bond acceptors (Lipinski definition) is 7. The van der Waals surface area contributed by atoms with Gasteiger partial charge in [0.2, 0.25) is 0 Å². The van der Waals surface area contributed by atoms with E-state index in [-0.39, 0.29) is 44.1 Å². The average Bonchev–Trinajstić information content (AvgIpc) is 3.11. The minimum Gasteiger partial charge on any atom is -0.507 e. The molecule has 4 rings (SSSR count). The highest BCUT2D eigenvalue weighted by Crippen LogP contribution is 2.37. The molecule has 0 unspecified atom stereocenters. The molecule has 0 atom stereocenters. The van der Waals surface area contributed by atoms with E-state index in [0.717, 1.165) is 21.7 Å². The third-order valence-electron chi connectivity index (χ3n) is 5.71. The molecule has 8 nitrogen and oxygen atoms in total. The first kappa shape index (κ1) is 25.9. The molecule has 0 spiro atoms. The van der Waals surface area contributed by atoms with Crippen LogP contribution in [0, 0.1) is 13.8 Å². The van der Waals surface area contributed by atoms with Crippen LogP contribution in [0.3, 0.4) is 0 Å². The fourth-order valence-electron chi connectivity index (χ4n) is 4.07. The molecule has 4 aromatic rings. The van der Waals surface area contributed by atoms with Gasteiger partial charge in [0.25, 0.3) is 10.0 Å². The van der Waals surface area contributed by atoms with Crippen molar-refractivity contribution in [2.45, 2.75) is 25.1 Å². The molecule has 0 amide bonds. The van der Waals surface area contributed by atoms with Crippen molar-refractivity contribution in [1.29, 1.82) is 0 Å². The highest BCUT2D eigenvalue weighted by molar-refractivity contribution is 7.90. The third kappa shape index (κ3) is 4.79. The van der Waals surface area contributed by atoms with Gasteiger partial charge in [-0.15, -0.1) is 13.2 Å². The Hall–Kier alpha value is -4.19. The van der Waals surface area contributed by atoms with Crippen molar-refractivity contribution < 1.29 is 41.4 Å². The molecule has 3 aromatic carbocycles. The van der Waals surface area contributed by atoms with Crippen molar-refractivity contribution in [3.63, 3.8) is 0 Å². The molecule has 0 aliphatic carbocycles. The molecule has 0 aliphatic rings. The van der Waals surface area contributed by atoms with E-state index in [2.05, 4.69) is 9.89 Å². The first-order chi connectivity index (χ1) is 17.4. The van der Waals surface area contributed by atoms with Gasteiger partial charge in [-0.3, -0.25) is 0 Å². The standard InChI is InChI=1S/C25H21F3N2O6S/c1-14-4-8-18(9-5-14)37(33,34)30-15(2)23(19-10-7-17(12-21(19)30)36-25(26,27)28)24(29-32)20-11-6-16(35-3)13-22(20)31/h4-13,31-32H,1-3H3/b29-24+. The van der Waals surface area contributed by atoms with Gasteiger partial charge < -0.3 is 19.8 Å². The van der Waals surface area contributed by atoms with Crippen molar-refractivity contribution in [3.8, 4) is 17.2 Å². The van der Waals surface area contributed by atoms with Crippen LogP contribution in [0.2, 0.25) is 0 Å². The van der Waals surface area contributed by atoms with E-state index in [1.165, 1.54) is 50.4 Å². The van der Waals surface area contributed by atoms with Gasteiger partial charge in [-0.25, -0.2) is 12.4 Å². The van der Waals surface area contributed by atoms with Gasteiger partial charge in [-0.05, 0) is 50.2 Å². The van der Waals surface area contributed by atoms with Crippen LogP contribution in [0.25, 0.3) is 10.9 Å². The Morgan fingerprint density at radius 2 is 1.62 bits per heavy atom. The number of alkyl halides is 3. The lowest BCUT2D eigenvalue weighted by Crippen LogP contribution is -2.17. The number of phenols is 1. The minimum absolute atomic E-state index is 0.0303. The van der Waals surface area contributed by atoms with Gasteiger partial charge in [-0.2, -0.15) is 0 Å². The Balaban J connectivity index is 2.04. The topological polar surface area (TPSA) is 110 Å². The Bertz CT molecular complexity index is 1630. The number of oxime groups is 1. The second-order valence-electron chi connectivity index (χ2n) is 8.10. The molecule has 1 aromatic heterocycles. The maximum atomic E-state index is 13.7. The van der Waals surface area contributed by atoms with Gasteiger partial charge >= 0.3 is 6.36 Å². The van der Waals surface area contributed by atoms with E-state index < -0.39 is 22.1 Å². The largest absolute Gasteiger partial charge is 0.573 e. The molecular weight excluding hydrogens is 513 g/mol. The fraction of sp³-hybridized carbons (Fsp3) is 0.160. The van der Waals surface area contributed by atoms with Gasteiger partial charge in [0.1, 0.15) is 23.0 Å². The van der Waals surface area contributed by atoms with E-state index >= 15 is 0 Å². The maximum Gasteiger partial charge on any atom is 0.573 e. The first-order valence-electron chi connectivity index (χ1n) is 10.7. The Labute approximate surface area is 209 Å². The lowest BCUT2D eigenvalue weighted by molar-refractivity contribution is -0.274. The van der Waals surface area contributed by atoms with Crippen molar-refractivity contribution in [2.24, 2.45) is 5.16 Å². The summed E-state index contributed by atoms with van der Waals surface area (Å²) in [5.74, 6) is -0.654. The molecule has 194 valence electrons. The van der Waals surface area contributed by atoms with Crippen LogP contribution in [0.5, 0.6) is 17.2 Å².